The average molecular weight is 243 g/mol. The standard InChI is InChI=1S/C13H16F3N/c1-17-13(8-4-2-3-5-8)12-10(15)6-9(14)7-11(12)16/h6-8,13,17H,2-5H2,1H3. The van der Waals surface area contributed by atoms with Crippen molar-refractivity contribution in [1.82, 2.24) is 5.32 Å². The van der Waals surface area contributed by atoms with Gasteiger partial charge in [-0.25, -0.2) is 13.2 Å². The quantitative estimate of drug-likeness (QED) is 0.856. The first-order chi connectivity index (χ1) is 8.13. The average Bonchev–Trinajstić information content (AvgIpc) is 2.76. The largest absolute Gasteiger partial charge is 0.313 e. The third kappa shape index (κ3) is 2.46. The maximum atomic E-state index is 13.7. The molecular weight excluding hydrogens is 227 g/mol. The molecule has 1 aliphatic rings. The van der Waals surface area contributed by atoms with E-state index in [-0.39, 0.29) is 17.5 Å². The molecule has 0 bridgehead atoms. The predicted molar refractivity (Wildman–Crippen MR) is 60.1 cm³/mol. The fourth-order valence-corrected chi connectivity index (χ4v) is 2.76. The van der Waals surface area contributed by atoms with Crippen LogP contribution in [-0.2, 0) is 0 Å². The summed E-state index contributed by atoms with van der Waals surface area (Å²) in [6.07, 6.45) is 4.10. The highest BCUT2D eigenvalue weighted by molar-refractivity contribution is 5.25. The van der Waals surface area contributed by atoms with Crippen molar-refractivity contribution in [2.24, 2.45) is 5.92 Å². The monoisotopic (exact) mass is 243 g/mol. The summed E-state index contributed by atoms with van der Waals surface area (Å²) in [5, 5.41) is 2.96. The first kappa shape index (κ1) is 12.4. The number of halogens is 3. The number of nitrogens with one attached hydrogen (secondary N) is 1. The molecule has 0 spiro atoms. The van der Waals surface area contributed by atoms with Gasteiger partial charge >= 0.3 is 0 Å². The molecule has 1 fully saturated rings. The Kier molecular flexibility index (Phi) is 3.72. The van der Waals surface area contributed by atoms with Gasteiger partial charge in [-0.15, -0.1) is 0 Å². The summed E-state index contributed by atoms with van der Waals surface area (Å²) in [5.74, 6) is -2.23. The van der Waals surface area contributed by atoms with Crippen LogP contribution in [-0.4, -0.2) is 7.05 Å². The molecule has 1 nitrogen and oxygen atoms in total. The van der Waals surface area contributed by atoms with Crippen LogP contribution in [0.25, 0.3) is 0 Å². The van der Waals surface area contributed by atoms with Gasteiger partial charge in [-0.2, -0.15) is 0 Å². The van der Waals surface area contributed by atoms with Gasteiger partial charge in [0.1, 0.15) is 17.5 Å². The first-order valence-corrected chi connectivity index (χ1v) is 5.95. The summed E-state index contributed by atoms with van der Waals surface area (Å²) in [5.41, 5.74) is -0.0270. The van der Waals surface area contributed by atoms with E-state index < -0.39 is 17.5 Å². The zero-order chi connectivity index (χ0) is 12.4. The van der Waals surface area contributed by atoms with Crippen LogP contribution in [0.15, 0.2) is 12.1 Å². The molecule has 0 amide bonds. The Morgan fingerprint density at radius 3 is 2.12 bits per heavy atom. The van der Waals surface area contributed by atoms with Gasteiger partial charge in [-0.3, -0.25) is 0 Å². The van der Waals surface area contributed by atoms with E-state index in [9.17, 15) is 13.2 Å². The molecule has 1 N–H and O–H groups in total. The lowest BCUT2D eigenvalue weighted by Gasteiger charge is -2.24. The van der Waals surface area contributed by atoms with Crippen LogP contribution in [0.3, 0.4) is 0 Å². The van der Waals surface area contributed by atoms with Gasteiger partial charge in [0, 0.05) is 23.7 Å². The summed E-state index contributed by atoms with van der Waals surface area (Å²) in [7, 11) is 1.69. The summed E-state index contributed by atoms with van der Waals surface area (Å²) in [6.45, 7) is 0. The zero-order valence-electron chi connectivity index (χ0n) is 9.77. The number of benzene rings is 1. The molecule has 17 heavy (non-hydrogen) atoms. The van der Waals surface area contributed by atoms with Crippen molar-refractivity contribution in [1.29, 1.82) is 0 Å². The minimum atomic E-state index is -0.870. The molecule has 1 saturated carbocycles. The minimum Gasteiger partial charge on any atom is -0.313 e. The molecule has 1 atom stereocenters. The second kappa shape index (κ2) is 5.08. The Morgan fingerprint density at radius 2 is 1.65 bits per heavy atom. The summed E-state index contributed by atoms with van der Waals surface area (Å²) in [6, 6.07) is 1.13. The van der Waals surface area contributed by atoms with E-state index in [4.69, 9.17) is 0 Å². The van der Waals surface area contributed by atoms with E-state index in [1.54, 1.807) is 7.05 Å². The highest BCUT2D eigenvalue weighted by Crippen LogP contribution is 2.37. The molecule has 1 aromatic carbocycles. The topological polar surface area (TPSA) is 12.0 Å². The molecular formula is C13H16F3N. The summed E-state index contributed by atoms with van der Waals surface area (Å²) < 4.78 is 40.2. The molecule has 1 unspecified atom stereocenters. The van der Waals surface area contributed by atoms with Gasteiger partial charge in [0.15, 0.2) is 0 Å². The Balaban J connectivity index is 2.36. The highest BCUT2D eigenvalue weighted by Gasteiger charge is 2.29. The Morgan fingerprint density at radius 1 is 1.12 bits per heavy atom. The molecule has 0 saturated heterocycles. The van der Waals surface area contributed by atoms with Crippen molar-refractivity contribution in [3.05, 3.63) is 35.1 Å². The molecule has 0 heterocycles. The fourth-order valence-electron chi connectivity index (χ4n) is 2.76. The van der Waals surface area contributed by atoms with Crippen molar-refractivity contribution in [2.75, 3.05) is 7.05 Å². The van der Waals surface area contributed by atoms with E-state index in [1.165, 1.54) is 0 Å². The van der Waals surface area contributed by atoms with Crippen LogP contribution >= 0.6 is 0 Å². The number of hydrogen-bond donors (Lipinski definition) is 1. The summed E-state index contributed by atoms with van der Waals surface area (Å²) in [4.78, 5) is 0. The maximum absolute atomic E-state index is 13.7. The van der Waals surface area contributed by atoms with Gasteiger partial charge in [0.25, 0.3) is 0 Å². The Bertz CT molecular complexity index is 377. The molecule has 0 aliphatic heterocycles. The van der Waals surface area contributed by atoms with E-state index in [0.717, 1.165) is 37.8 Å². The van der Waals surface area contributed by atoms with Crippen molar-refractivity contribution >= 4 is 0 Å². The van der Waals surface area contributed by atoms with Crippen LogP contribution in [0.1, 0.15) is 37.3 Å². The fraction of sp³-hybridized carbons (Fsp3) is 0.538. The SMILES string of the molecule is CNC(c1c(F)cc(F)cc1F)C1CCCC1. The molecule has 0 aromatic heterocycles. The van der Waals surface area contributed by atoms with E-state index in [2.05, 4.69) is 5.32 Å². The van der Waals surface area contributed by atoms with Crippen LogP contribution in [0.5, 0.6) is 0 Å². The molecule has 1 aromatic rings. The number of rotatable bonds is 3. The first-order valence-electron chi connectivity index (χ1n) is 5.95. The molecule has 1 aliphatic carbocycles. The zero-order valence-corrected chi connectivity index (χ0v) is 9.77. The van der Waals surface area contributed by atoms with Crippen LogP contribution in [0.2, 0.25) is 0 Å². The van der Waals surface area contributed by atoms with Gasteiger partial charge in [-0.05, 0) is 25.8 Å². The minimum absolute atomic E-state index is 0.0270. The third-order valence-electron chi connectivity index (χ3n) is 3.54. The van der Waals surface area contributed by atoms with E-state index in [1.807, 2.05) is 0 Å². The lowest BCUT2D eigenvalue weighted by molar-refractivity contribution is 0.361. The highest BCUT2D eigenvalue weighted by atomic mass is 19.1. The maximum Gasteiger partial charge on any atom is 0.133 e. The molecule has 4 heteroatoms. The van der Waals surface area contributed by atoms with Gasteiger partial charge in [0.05, 0.1) is 0 Å². The van der Waals surface area contributed by atoms with Crippen molar-refractivity contribution in [3.63, 3.8) is 0 Å². The lowest BCUT2D eigenvalue weighted by Crippen LogP contribution is -2.26. The number of hydrogen-bond acceptors (Lipinski definition) is 1. The van der Waals surface area contributed by atoms with Crippen LogP contribution in [0, 0.1) is 23.4 Å². The van der Waals surface area contributed by atoms with Crippen molar-refractivity contribution in [3.8, 4) is 0 Å². The van der Waals surface area contributed by atoms with Gasteiger partial charge in [-0.1, -0.05) is 12.8 Å². The van der Waals surface area contributed by atoms with Crippen LogP contribution in [0.4, 0.5) is 13.2 Å². The molecule has 0 radical (unpaired) electrons. The lowest BCUT2D eigenvalue weighted by atomic mass is 9.91. The predicted octanol–water partition coefficient (Wildman–Crippen LogP) is 3.55. The Hall–Kier alpha value is -1.03. The van der Waals surface area contributed by atoms with Crippen molar-refractivity contribution in [2.45, 2.75) is 31.7 Å². The summed E-state index contributed by atoms with van der Waals surface area (Å²) >= 11 is 0. The second-order valence-corrected chi connectivity index (χ2v) is 4.59. The molecule has 94 valence electrons. The second-order valence-electron chi connectivity index (χ2n) is 4.59. The van der Waals surface area contributed by atoms with Gasteiger partial charge in [0.2, 0.25) is 0 Å². The van der Waals surface area contributed by atoms with E-state index in [0.29, 0.717) is 0 Å². The van der Waals surface area contributed by atoms with E-state index >= 15 is 0 Å². The van der Waals surface area contributed by atoms with Crippen LogP contribution < -0.4 is 5.32 Å². The van der Waals surface area contributed by atoms with Crippen molar-refractivity contribution < 1.29 is 13.2 Å². The third-order valence-corrected chi connectivity index (χ3v) is 3.54. The smallest absolute Gasteiger partial charge is 0.133 e. The molecule has 2 rings (SSSR count). The normalized spacial score (nSPS) is 18.6. The van der Waals surface area contributed by atoms with Gasteiger partial charge < -0.3 is 5.32 Å². The Labute approximate surface area is 99.0 Å².